The molecular weight excluding hydrogens is 348 g/mol. The third kappa shape index (κ3) is 4.03. The molecule has 0 bridgehead atoms. The smallest absolute Gasteiger partial charge is 0.121 e. The lowest BCUT2D eigenvalue weighted by atomic mass is 9.96. The van der Waals surface area contributed by atoms with Gasteiger partial charge in [-0.2, -0.15) is 0 Å². The number of nitrogens with zero attached hydrogens (tertiary/aromatic N) is 2. The molecular formula is C24H28N2O2. The monoisotopic (exact) mass is 376 g/mol. The summed E-state index contributed by atoms with van der Waals surface area (Å²) in [4.78, 5) is 7.53. The molecule has 4 nitrogen and oxygen atoms in total. The van der Waals surface area contributed by atoms with Crippen LogP contribution in [-0.2, 0) is 6.54 Å². The first-order valence-corrected chi connectivity index (χ1v) is 10.0. The Labute approximate surface area is 166 Å². The van der Waals surface area contributed by atoms with Gasteiger partial charge in [0, 0.05) is 30.2 Å². The number of aliphatic hydroxyl groups is 1. The number of piperidine rings is 1. The van der Waals surface area contributed by atoms with E-state index in [1.807, 2.05) is 12.1 Å². The molecule has 1 saturated heterocycles. The summed E-state index contributed by atoms with van der Waals surface area (Å²) in [6.07, 6.45) is 2.13. The van der Waals surface area contributed by atoms with Gasteiger partial charge in [-0.15, -0.1) is 0 Å². The van der Waals surface area contributed by atoms with Crippen LogP contribution in [-0.4, -0.2) is 41.8 Å². The number of rotatable bonds is 5. The Morgan fingerprint density at radius 3 is 2.64 bits per heavy atom. The predicted molar refractivity (Wildman–Crippen MR) is 114 cm³/mol. The number of ether oxygens (including phenoxy) is 1. The summed E-state index contributed by atoms with van der Waals surface area (Å²) >= 11 is 0. The Morgan fingerprint density at radius 1 is 1.11 bits per heavy atom. The second-order valence-corrected chi connectivity index (χ2v) is 7.83. The van der Waals surface area contributed by atoms with Gasteiger partial charge in [-0.3, -0.25) is 4.90 Å². The van der Waals surface area contributed by atoms with E-state index >= 15 is 0 Å². The number of aromatic nitrogens is 1. The van der Waals surface area contributed by atoms with Crippen LogP contribution >= 0.6 is 0 Å². The second-order valence-electron chi connectivity index (χ2n) is 7.83. The Kier molecular flexibility index (Phi) is 5.60. The minimum Gasteiger partial charge on any atom is -0.497 e. The van der Waals surface area contributed by atoms with E-state index in [9.17, 15) is 5.11 Å². The molecule has 4 heteroatoms. The van der Waals surface area contributed by atoms with E-state index < -0.39 is 0 Å². The molecule has 2 aromatic carbocycles. The van der Waals surface area contributed by atoms with Crippen LogP contribution in [0.3, 0.4) is 0 Å². The number of aryl methyl sites for hydroxylation is 1. The molecule has 0 radical (unpaired) electrons. The third-order valence-corrected chi connectivity index (χ3v) is 5.75. The number of methoxy groups -OCH3 is 1. The molecule has 0 spiro atoms. The van der Waals surface area contributed by atoms with Gasteiger partial charge in [-0.25, -0.2) is 4.98 Å². The number of likely N-dealkylation sites (tertiary alicyclic amines) is 1. The van der Waals surface area contributed by atoms with Gasteiger partial charge >= 0.3 is 0 Å². The maximum absolute atomic E-state index is 9.41. The van der Waals surface area contributed by atoms with Crippen molar-refractivity contribution in [1.82, 2.24) is 9.88 Å². The normalized spacial score (nSPS) is 15.8. The molecule has 1 fully saturated rings. The lowest BCUT2D eigenvalue weighted by Gasteiger charge is -2.31. The highest BCUT2D eigenvalue weighted by Crippen LogP contribution is 2.30. The number of hydrogen-bond acceptors (Lipinski definition) is 4. The topological polar surface area (TPSA) is 45.6 Å². The van der Waals surface area contributed by atoms with Crippen LogP contribution in [0.25, 0.3) is 22.2 Å². The summed E-state index contributed by atoms with van der Waals surface area (Å²) in [6.45, 7) is 5.36. The fourth-order valence-electron chi connectivity index (χ4n) is 4.05. The predicted octanol–water partition coefficient (Wildman–Crippen LogP) is 4.42. The van der Waals surface area contributed by atoms with Gasteiger partial charge in [0.15, 0.2) is 0 Å². The van der Waals surface area contributed by atoms with Gasteiger partial charge in [-0.1, -0.05) is 23.8 Å². The second kappa shape index (κ2) is 8.29. The van der Waals surface area contributed by atoms with Crippen molar-refractivity contribution in [3.63, 3.8) is 0 Å². The summed E-state index contributed by atoms with van der Waals surface area (Å²) in [5.41, 5.74) is 5.66. The highest BCUT2D eigenvalue weighted by atomic mass is 16.5. The van der Waals surface area contributed by atoms with Gasteiger partial charge in [0.2, 0.25) is 0 Å². The first-order valence-electron chi connectivity index (χ1n) is 10.0. The summed E-state index contributed by atoms with van der Waals surface area (Å²) in [5, 5.41) is 10.5. The molecule has 0 amide bonds. The van der Waals surface area contributed by atoms with Gasteiger partial charge in [0.05, 0.1) is 18.3 Å². The van der Waals surface area contributed by atoms with Gasteiger partial charge in [0.25, 0.3) is 0 Å². The average molecular weight is 377 g/mol. The molecule has 1 aliphatic rings. The van der Waals surface area contributed by atoms with Crippen molar-refractivity contribution >= 4 is 10.9 Å². The van der Waals surface area contributed by atoms with Crippen molar-refractivity contribution in [2.24, 2.45) is 5.92 Å². The zero-order valence-electron chi connectivity index (χ0n) is 16.7. The number of hydrogen-bond donors (Lipinski definition) is 1. The van der Waals surface area contributed by atoms with Crippen LogP contribution in [0.1, 0.15) is 24.0 Å². The van der Waals surface area contributed by atoms with Gasteiger partial charge < -0.3 is 9.84 Å². The van der Waals surface area contributed by atoms with Crippen molar-refractivity contribution in [3.05, 3.63) is 59.7 Å². The third-order valence-electron chi connectivity index (χ3n) is 5.75. The van der Waals surface area contributed by atoms with E-state index in [0.29, 0.717) is 12.5 Å². The fourth-order valence-corrected chi connectivity index (χ4v) is 4.05. The summed E-state index contributed by atoms with van der Waals surface area (Å²) in [7, 11) is 1.69. The van der Waals surface area contributed by atoms with Crippen molar-refractivity contribution in [3.8, 4) is 17.0 Å². The summed E-state index contributed by atoms with van der Waals surface area (Å²) in [5.74, 6) is 1.28. The zero-order chi connectivity index (χ0) is 19.5. The van der Waals surface area contributed by atoms with E-state index in [1.54, 1.807) is 7.11 Å². The minimum absolute atomic E-state index is 0.307. The molecule has 28 heavy (non-hydrogen) atoms. The molecule has 1 aliphatic heterocycles. The number of benzene rings is 2. The van der Waals surface area contributed by atoms with E-state index in [1.165, 1.54) is 11.1 Å². The highest BCUT2D eigenvalue weighted by molar-refractivity contribution is 5.84. The molecule has 4 rings (SSSR count). The first kappa shape index (κ1) is 18.9. The van der Waals surface area contributed by atoms with Crippen LogP contribution in [0.4, 0.5) is 0 Å². The average Bonchev–Trinajstić information content (AvgIpc) is 2.73. The molecule has 0 aliphatic carbocycles. The van der Waals surface area contributed by atoms with Crippen LogP contribution < -0.4 is 4.74 Å². The van der Waals surface area contributed by atoms with Crippen LogP contribution in [0.2, 0.25) is 0 Å². The fraction of sp³-hybridized carbons (Fsp3) is 0.375. The molecule has 146 valence electrons. The quantitative estimate of drug-likeness (QED) is 0.716. The molecule has 1 aromatic heterocycles. The Balaban J connectivity index is 1.73. The van der Waals surface area contributed by atoms with E-state index in [4.69, 9.17) is 9.72 Å². The Hall–Kier alpha value is -2.43. The van der Waals surface area contributed by atoms with E-state index in [-0.39, 0.29) is 0 Å². The van der Waals surface area contributed by atoms with Crippen LogP contribution in [0.15, 0.2) is 48.5 Å². The standard InChI is InChI=1S/C24H28N2O2/c1-17-4-3-5-20(12-17)24-21(15-26-10-8-18(16-27)9-11-26)13-19-6-7-22(28-2)14-23(19)25-24/h3-7,12-14,18,27H,8-11,15-16H2,1-2H3. The lowest BCUT2D eigenvalue weighted by Crippen LogP contribution is -2.34. The highest BCUT2D eigenvalue weighted by Gasteiger charge is 2.20. The Bertz CT molecular complexity index is 962. The Morgan fingerprint density at radius 2 is 1.93 bits per heavy atom. The van der Waals surface area contributed by atoms with Gasteiger partial charge in [0.1, 0.15) is 5.75 Å². The molecule has 0 saturated carbocycles. The molecule has 1 N–H and O–H groups in total. The molecule has 2 heterocycles. The maximum atomic E-state index is 9.41. The minimum atomic E-state index is 0.307. The van der Waals surface area contributed by atoms with Gasteiger partial charge in [-0.05, 0) is 68.6 Å². The van der Waals surface area contributed by atoms with Crippen molar-refractivity contribution in [1.29, 1.82) is 0 Å². The van der Waals surface area contributed by atoms with Crippen LogP contribution in [0.5, 0.6) is 5.75 Å². The number of fused-ring (bicyclic) bond motifs is 1. The molecule has 3 aromatic rings. The summed E-state index contributed by atoms with van der Waals surface area (Å²) < 4.78 is 5.39. The van der Waals surface area contributed by atoms with E-state index in [2.05, 4.69) is 48.2 Å². The lowest BCUT2D eigenvalue weighted by molar-refractivity contribution is 0.127. The molecule has 0 unspecified atom stereocenters. The zero-order valence-corrected chi connectivity index (χ0v) is 16.7. The number of pyridine rings is 1. The maximum Gasteiger partial charge on any atom is 0.121 e. The molecule has 0 atom stereocenters. The van der Waals surface area contributed by atoms with Crippen LogP contribution in [0, 0.1) is 12.8 Å². The first-order chi connectivity index (χ1) is 13.7. The van der Waals surface area contributed by atoms with Crippen molar-refractivity contribution in [2.45, 2.75) is 26.3 Å². The number of aliphatic hydroxyl groups excluding tert-OH is 1. The largest absolute Gasteiger partial charge is 0.497 e. The SMILES string of the molecule is COc1ccc2cc(CN3CCC(CO)CC3)c(-c3cccc(C)c3)nc2c1. The van der Waals surface area contributed by atoms with Crippen molar-refractivity contribution < 1.29 is 9.84 Å². The summed E-state index contributed by atoms with van der Waals surface area (Å²) in [6, 6.07) is 16.9. The van der Waals surface area contributed by atoms with Crippen molar-refractivity contribution in [2.75, 3.05) is 26.8 Å². The van der Waals surface area contributed by atoms with E-state index in [0.717, 1.165) is 60.4 Å².